The second-order valence-electron chi connectivity index (χ2n) is 5.54. The Morgan fingerprint density at radius 2 is 1.70 bits per heavy atom. The fourth-order valence-corrected chi connectivity index (χ4v) is 2.47. The standard InChI is InChI=1S/C19H30O/c1-3-9-18-11-13-19(14-12-18)16-17(4-2)10-7-5-6-8-15-20/h11-14,16,20H,3-10,15H2,1-2H3. The van der Waals surface area contributed by atoms with Gasteiger partial charge in [-0.1, -0.05) is 69.0 Å². The molecular weight excluding hydrogens is 244 g/mol. The zero-order chi connectivity index (χ0) is 14.6. The largest absolute Gasteiger partial charge is 0.396 e. The highest BCUT2D eigenvalue weighted by molar-refractivity contribution is 5.53. The summed E-state index contributed by atoms with van der Waals surface area (Å²) in [7, 11) is 0. The molecule has 0 aliphatic carbocycles. The third-order valence-electron chi connectivity index (χ3n) is 3.75. The zero-order valence-electron chi connectivity index (χ0n) is 13.2. The summed E-state index contributed by atoms with van der Waals surface area (Å²) in [4.78, 5) is 0. The first-order chi connectivity index (χ1) is 9.80. The summed E-state index contributed by atoms with van der Waals surface area (Å²) in [5.41, 5.74) is 4.31. The van der Waals surface area contributed by atoms with Crippen LogP contribution in [0, 0.1) is 0 Å². The summed E-state index contributed by atoms with van der Waals surface area (Å²) in [6.45, 7) is 4.80. The second kappa shape index (κ2) is 10.7. The lowest BCUT2D eigenvalue weighted by Crippen LogP contribution is -1.87. The Balaban J connectivity index is 2.46. The SMILES string of the molecule is CCCc1ccc(C=C(CC)CCCCCCO)cc1. The quantitative estimate of drug-likeness (QED) is 0.568. The van der Waals surface area contributed by atoms with Crippen molar-refractivity contribution in [2.45, 2.75) is 65.2 Å². The van der Waals surface area contributed by atoms with Crippen molar-refractivity contribution in [2.75, 3.05) is 6.61 Å². The van der Waals surface area contributed by atoms with Gasteiger partial charge in [-0.05, 0) is 43.2 Å². The minimum atomic E-state index is 0.334. The molecule has 1 nitrogen and oxygen atoms in total. The first-order valence-corrected chi connectivity index (χ1v) is 8.19. The molecule has 20 heavy (non-hydrogen) atoms. The molecule has 0 bridgehead atoms. The Morgan fingerprint density at radius 3 is 2.30 bits per heavy atom. The van der Waals surface area contributed by atoms with E-state index in [-0.39, 0.29) is 0 Å². The van der Waals surface area contributed by atoms with Crippen LogP contribution in [0.3, 0.4) is 0 Å². The van der Waals surface area contributed by atoms with Crippen LogP contribution in [0.2, 0.25) is 0 Å². The maximum atomic E-state index is 8.76. The molecule has 112 valence electrons. The number of aliphatic hydroxyl groups is 1. The van der Waals surface area contributed by atoms with Crippen LogP contribution in [0.15, 0.2) is 29.8 Å². The molecular formula is C19H30O. The maximum Gasteiger partial charge on any atom is 0.0431 e. The maximum absolute atomic E-state index is 8.76. The Morgan fingerprint density at radius 1 is 1.00 bits per heavy atom. The third-order valence-corrected chi connectivity index (χ3v) is 3.75. The highest BCUT2D eigenvalue weighted by Crippen LogP contribution is 2.18. The molecule has 1 aromatic rings. The van der Waals surface area contributed by atoms with E-state index < -0.39 is 0 Å². The van der Waals surface area contributed by atoms with Crippen LogP contribution < -0.4 is 0 Å². The van der Waals surface area contributed by atoms with E-state index >= 15 is 0 Å². The molecule has 1 aromatic carbocycles. The van der Waals surface area contributed by atoms with E-state index in [1.807, 2.05) is 0 Å². The molecule has 0 saturated carbocycles. The Hall–Kier alpha value is -1.08. The van der Waals surface area contributed by atoms with Crippen molar-refractivity contribution >= 4 is 6.08 Å². The lowest BCUT2D eigenvalue weighted by Gasteiger charge is -2.06. The zero-order valence-corrected chi connectivity index (χ0v) is 13.2. The summed E-state index contributed by atoms with van der Waals surface area (Å²) in [6.07, 6.45) is 11.6. The monoisotopic (exact) mass is 274 g/mol. The normalized spacial score (nSPS) is 11.8. The molecule has 0 heterocycles. The van der Waals surface area contributed by atoms with Gasteiger partial charge in [-0.3, -0.25) is 0 Å². The van der Waals surface area contributed by atoms with Gasteiger partial charge in [0, 0.05) is 6.61 Å². The van der Waals surface area contributed by atoms with Gasteiger partial charge in [0.2, 0.25) is 0 Å². The molecule has 0 spiro atoms. The lowest BCUT2D eigenvalue weighted by atomic mass is 10.0. The molecule has 0 radical (unpaired) electrons. The average Bonchev–Trinajstić information content (AvgIpc) is 2.48. The first-order valence-electron chi connectivity index (χ1n) is 8.19. The van der Waals surface area contributed by atoms with Gasteiger partial charge in [-0.2, -0.15) is 0 Å². The van der Waals surface area contributed by atoms with Crippen LogP contribution in [-0.2, 0) is 6.42 Å². The number of unbranched alkanes of at least 4 members (excludes halogenated alkanes) is 3. The highest BCUT2D eigenvalue weighted by atomic mass is 16.2. The number of allylic oxidation sites excluding steroid dienone is 1. The molecule has 0 aliphatic rings. The summed E-state index contributed by atoms with van der Waals surface area (Å²) >= 11 is 0. The van der Waals surface area contributed by atoms with Crippen molar-refractivity contribution in [2.24, 2.45) is 0 Å². The number of hydrogen-bond donors (Lipinski definition) is 1. The van der Waals surface area contributed by atoms with Crippen molar-refractivity contribution in [1.82, 2.24) is 0 Å². The van der Waals surface area contributed by atoms with E-state index in [9.17, 15) is 0 Å². The predicted molar refractivity (Wildman–Crippen MR) is 88.9 cm³/mol. The van der Waals surface area contributed by atoms with Crippen molar-refractivity contribution < 1.29 is 5.11 Å². The molecule has 0 atom stereocenters. The van der Waals surface area contributed by atoms with Crippen LogP contribution >= 0.6 is 0 Å². The van der Waals surface area contributed by atoms with Gasteiger partial charge in [0.15, 0.2) is 0 Å². The first kappa shape index (κ1) is 17.0. The van der Waals surface area contributed by atoms with E-state index in [2.05, 4.69) is 44.2 Å². The highest BCUT2D eigenvalue weighted by Gasteiger charge is 1.98. The van der Waals surface area contributed by atoms with Crippen molar-refractivity contribution in [3.8, 4) is 0 Å². The number of benzene rings is 1. The van der Waals surface area contributed by atoms with Gasteiger partial charge in [-0.25, -0.2) is 0 Å². The summed E-state index contributed by atoms with van der Waals surface area (Å²) in [5, 5.41) is 8.76. The fraction of sp³-hybridized carbons (Fsp3) is 0.579. The van der Waals surface area contributed by atoms with Crippen LogP contribution in [0.1, 0.15) is 69.9 Å². The van der Waals surface area contributed by atoms with Crippen LogP contribution in [0.25, 0.3) is 6.08 Å². The summed E-state index contributed by atoms with van der Waals surface area (Å²) in [6, 6.07) is 8.99. The molecule has 0 amide bonds. The Kier molecular flexibility index (Phi) is 9.06. The molecule has 1 N–H and O–H groups in total. The van der Waals surface area contributed by atoms with Crippen molar-refractivity contribution in [1.29, 1.82) is 0 Å². The molecule has 1 rings (SSSR count). The van der Waals surface area contributed by atoms with Gasteiger partial charge in [0.1, 0.15) is 0 Å². The van der Waals surface area contributed by atoms with E-state index in [0.29, 0.717) is 6.61 Å². The summed E-state index contributed by atoms with van der Waals surface area (Å²) in [5.74, 6) is 0. The predicted octanol–water partition coefficient (Wildman–Crippen LogP) is 5.38. The Bertz CT molecular complexity index is 375. The molecule has 0 aliphatic heterocycles. The van der Waals surface area contributed by atoms with E-state index in [1.54, 1.807) is 0 Å². The Labute approximate surface area is 124 Å². The lowest BCUT2D eigenvalue weighted by molar-refractivity contribution is 0.282. The van der Waals surface area contributed by atoms with Gasteiger partial charge in [0.05, 0.1) is 0 Å². The van der Waals surface area contributed by atoms with Crippen molar-refractivity contribution in [3.63, 3.8) is 0 Å². The van der Waals surface area contributed by atoms with Crippen LogP contribution in [0.5, 0.6) is 0 Å². The van der Waals surface area contributed by atoms with Crippen LogP contribution in [-0.4, -0.2) is 11.7 Å². The van der Waals surface area contributed by atoms with Crippen molar-refractivity contribution in [3.05, 3.63) is 41.0 Å². The second-order valence-corrected chi connectivity index (χ2v) is 5.54. The number of hydrogen-bond acceptors (Lipinski definition) is 1. The van der Waals surface area contributed by atoms with Gasteiger partial charge >= 0.3 is 0 Å². The van der Waals surface area contributed by atoms with Gasteiger partial charge in [-0.15, -0.1) is 0 Å². The fourth-order valence-electron chi connectivity index (χ4n) is 2.47. The van der Waals surface area contributed by atoms with E-state index in [4.69, 9.17) is 5.11 Å². The molecule has 1 heteroatoms. The summed E-state index contributed by atoms with van der Waals surface area (Å²) < 4.78 is 0. The van der Waals surface area contributed by atoms with E-state index in [0.717, 1.165) is 19.3 Å². The topological polar surface area (TPSA) is 20.2 Å². The number of aliphatic hydroxyl groups excluding tert-OH is 1. The van der Waals surface area contributed by atoms with Gasteiger partial charge in [0.25, 0.3) is 0 Å². The smallest absolute Gasteiger partial charge is 0.0431 e. The minimum Gasteiger partial charge on any atom is -0.396 e. The number of rotatable bonds is 10. The number of aryl methyl sites for hydroxylation is 1. The molecule has 0 unspecified atom stereocenters. The van der Waals surface area contributed by atoms with Gasteiger partial charge < -0.3 is 5.11 Å². The van der Waals surface area contributed by atoms with Crippen LogP contribution in [0.4, 0.5) is 0 Å². The molecule has 0 fully saturated rings. The molecule has 0 aromatic heterocycles. The molecule has 0 saturated heterocycles. The average molecular weight is 274 g/mol. The third kappa shape index (κ3) is 6.91. The van der Waals surface area contributed by atoms with E-state index in [1.165, 1.54) is 48.8 Å². The minimum absolute atomic E-state index is 0.334.